The number of aryl methyl sites for hydroxylation is 2. The minimum atomic E-state index is -0.0986. The largest absolute Gasteiger partial charge is 0.333 e. The molecule has 0 aromatic heterocycles. The van der Waals surface area contributed by atoms with E-state index in [9.17, 15) is 9.59 Å². The van der Waals surface area contributed by atoms with E-state index in [1.54, 1.807) is 4.90 Å². The van der Waals surface area contributed by atoms with E-state index >= 15 is 0 Å². The second kappa shape index (κ2) is 6.60. The standard InChI is InChI=1S/C18H25N3O2/c1-13-6-7-16(10-14(13)2)21-12-15(11-17(21)22)19-18(23)20-8-4-3-5-9-20/h6-7,10,15H,3-5,8-9,11-12H2,1-2H3,(H,19,23)/t15-/m1/s1. The Morgan fingerprint density at radius 1 is 1.13 bits per heavy atom. The van der Waals surface area contributed by atoms with Crippen molar-refractivity contribution in [3.63, 3.8) is 0 Å². The van der Waals surface area contributed by atoms with Gasteiger partial charge < -0.3 is 15.1 Å². The highest BCUT2D eigenvalue weighted by Gasteiger charge is 2.32. The Morgan fingerprint density at radius 3 is 2.57 bits per heavy atom. The highest BCUT2D eigenvalue weighted by atomic mass is 16.2. The molecule has 2 fully saturated rings. The first-order chi connectivity index (χ1) is 11.0. The zero-order chi connectivity index (χ0) is 16.4. The van der Waals surface area contributed by atoms with Crippen molar-refractivity contribution in [2.45, 2.75) is 45.6 Å². The predicted octanol–water partition coefficient (Wildman–Crippen LogP) is 2.60. The van der Waals surface area contributed by atoms with E-state index in [4.69, 9.17) is 0 Å². The maximum Gasteiger partial charge on any atom is 0.317 e. The number of hydrogen-bond acceptors (Lipinski definition) is 2. The molecular formula is C18H25N3O2. The Balaban J connectivity index is 1.62. The molecule has 1 N–H and O–H groups in total. The average Bonchev–Trinajstić information content (AvgIpc) is 2.91. The van der Waals surface area contributed by atoms with E-state index in [1.165, 1.54) is 17.5 Å². The van der Waals surface area contributed by atoms with Gasteiger partial charge in [-0.25, -0.2) is 4.79 Å². The fourth-order valence-corrected chi connectivity index (χ4v) is 3.31. The number of urea groups is 1. The quantitative estimate of drug-likeness (QED) is 0.912. The number of hydrogen-bond donors (Lipinski definition) is 1. The molecule has 2 heterocycles. The number of likely N-dealkylation sites (tertiary alicyclic amines) is 1. The summed E-state index contributed by atoms with van der Waals surface area (Å²) in [6.07, 6.45) is 3.73. The van der Waals surface area contributed by atoms with Crippen LogP contribution in [-0.4, -0.2) is 42.5 Å². The molecule has 1 aromatic rings. The maximum absolute atomic E-state index is 12.3. The molecule has 23 heavy (non-hydrogen) atoms. The number of carbonyl (C=O) groups is 2. The molecule has 3 rings (SSSR count). The van der Waals surface area contributed by atoms with Gasteiger partial charge in [0.2, 0.25) is 5.91 Å². The van der Waals surface area contributed by atoms with Crippen molar-refractivity contribution in [1.29, 1.82) is 0 Å². The average molecular weight is 315 g/mol. The third-order valence-electron chi connectivity index (χ3n) is 4.90. The fraction of sp³-hybridized carbons (Fsp3) is 0.556. The minimum Gasteiger partial charge on any atom is -0.333 e. The number of nitrogens with zero attached hydrogens (tertiary/aromatic N) is 2. The van der Waals surface area contributed by atoms with E-state index in [-0.39, 0.29) is 18.0 Å². The molecule has 124 valence electrons. The Kier molecular flexibility index (Phi) is 4.55. The summed E-state index contributed by atoms with van der Waals surface area (Å²) >= 11 is 0. The summed E-state index contributed by atoms with van der Waals surface area (Å²) < 4.78 is 0. The van der Waals surface area contributed by atoms with E-state index in [0.29, 0.717) is 13.0 Å². The van der Waals surface area contributed by atoms with Gasteiger partial charge in [0.05, 0.1) is 6.04 Å². The summed E-state index contributed by atoms with van der Waals surface area (Å²) in [5.41, 5.74) is 3.32. The van der Waals surface area contributed by atoms with Crippen molar-refractivity contribution in [3.05, 3.63) is 29.3 Å². The highest BCUT2D eigenvalue weighted by molar-refractivity contribution is 5.96. The topological polar surface area (TPSA) is 52.7 Å². The molecule has 5 nitrogen and oxygen atoms in total. The first-order valence-corrected chi connectivity index (χ1v) is 8.47. The van der Waals surface area contributed by atoms with Crippen LogP contribution in [0.5, 0.6) is 0 Å². The summed E-state index contributed by atoms with van der Waals surface area (Å²) in [7, 11) is 0. The van der Waals surface area contributed by atoms with Gasteiger partial charge >= 0.3 is 6.03 Å². The summed E-state index contributed by atoms with van der Waals surface area (Å²) in [6, 6.07) is 5.94. The number of piperidine rings is 1. The van der Waals surface area contributed by atoms with Crippen LogP contribution >= 0.6 is 0 Å². The molecule has 0 saturated carbocycles. The predicted molar refractivity (Wildman–Crippen MR) is 90.6 cm³/mol. The van der Waals surface area contributed by atoms with Gasteiger partial charge in [0.1, 0.15) is 0 Å². The smallest absolute Gasteiger partial charge is 0.317 e. The monoisotopic (exact) mass is 315 g/mol. The van der Waals surface area contributed by atoms with Crippen molar-refractivity contribution >= 4 is 17.6 Å². The van der Waals surface area contributed by atoms with Gasteiger partial charge in [-0.15, -0.1) is 0 Å². The molecule has 0 bridgehead atoms. The molecule has 3 amide bonds. The SMILES string of the molecule is Cc1ccc(N2C[C@H](NC(=O)N3CCCCC3)CC2=O)cc1C. The first-order valence-electron chi connectivity index (χ1n) is 8.47. The fourth-order valence-electron chi connectivity index (χ4n) is 3.31. The van der Waals surface area contributed by atoms with Crippen molar-refractivity contribution in [2.24, 2.45) is 0 Å². The van der Waals surface area contributed by atoms with Crippen LogP contribution in [0, 0.1) is 13.8 Å². The summed E-state index contributed by atoms with van der Waals surface area (Å²) in [4.78, 5) is 28.2. The van der Waals surface area contributed by atoms with E-state index in [2.05, 4.69) is 19.2 Å². The van der Waals surface area contributed by atoms with Crippen LogP contribution in [0.3, 0.4) is 0 Å². The third kappa shape index (κ3) is 3.49. The number of benzene rings is 1. The Labute approximate surface area is 137 Å². The molecule has 1 atom stereocenters. The lowest BCUT2D eigenvalue weighted by Crippen LogP contribution is -2.47. The van der Waals surface area contributed by atoms with Crippen LogP contribution in [0.15, 0.2) is 18.2 Å². The molecule has 2 saturated heterocycles. The minimum absolute atomic E-state index is 0.0237. The van der Waals surface area contributed by atoms with Gasteiger partial charge in [-0.05, 0) is 56.4 Å². The van der Waals surface area contributed by atoms with Crippen molar-refractivity contribution in [1.82, 2.24) is 10.2 Å². The van der Waals surface area contributed by atoms with Crippen LogP contribution in [0.25, 0.3) is 0 Å². The Bertz CT molecular complexity index is 608. The molecule has 0 unspecified atom stereocenters. The molecular weight excluding hydrogens is 290 g/mol. The van der Waals surface area contributed by atoms with Crippen LogP contribution in [0.2, 0.25) is 0 Å². The first kappa shape index (κ1) is 15.8. The molecule has 5 heteroatoms. The van der Waals surface area contributed by atoms with E-state index < -0.39 is 0 Å². The number of nitrogens with one attached hydrogen (secondary N) is 1. The van der Waals surface area contributed by atoms with Gasteiger partial charge in [0.25, 0.3) is 0 Å². The van der Waals surface area contributed by atoms with E-state index in [0.717, 1.165) is 31.6 Å². The normalized spacial score (nSPS) is 21.7. The number of anilines is 1. The second-order valence-electron chi connectivity index (χ2n) is 6.67. The lowest BCUT2D eigenvalue weighted by Gasteiger charge is -2.28. The van der Waals surface area contributed by atoms with Crippen molar-refractivity contribution in [3.8, 4) is 0 Å². The van der Waals surface area contributed by atoms with Crippen LogP contribution in [0.1, 0.15) is 36.8 Å². The second-order valence-corrected chi connectivity index (χ2v) is 6.67. The van der Waals surface area contributed by atoms with E-state index in [1.807, 2.05) is 23.1 Å². The Hall–Kier alpha value is -2.04. The zero-order valence-corrected chi connectivity index (χ0v) is 14.0. The van der Waals surface area contributed by atoms with Crippen molar-refractivity contribution < 1.29 is 9.59 Å². The van der Waals surface area contributed by atoms with Gasteiger partial charge in [0, 0.05) is 31.7 Å². The third-order valence-corrected chi connectivity index (χ3v) is 4.90. The lowest BCUT2D eigenvalue weighted by atomic mass is 10.1. The highest BCUT2D eigenvalue weighted by Crippen LogP contribution is 2.24. The molecule has 1 aromatic carbocycles. The molecule has 2 aliphatic rings. The van der Waals surface area contributed by atoms with Crippen LogP contribution in [0.4, 0.5) is 10.5 Å². The maximum atomic E-state index is 12.3. The molecule has 0 spiro atoms. The molecule has 0 aliphatic carbocycles. The number of carbonyl (C=O) groups excluding carboxylic acids is 2. The van der Waals surface area contributed by atoms with Gasteiger partial charge in [0.15, 0.2) is 0 Å². The summed E-state index contributed by atoms with van der Waals surface area (Å²) in [5.74, 6) is 0.0807. The van der Waals surface area contributed by atoms with Gasteiger partial charge in [-0.1, -0.05) is 6.07 Å². The summed E-state index contributed by atoms with van der Waals surface area (Å²) in [5, 5.41) is 3.03. The van der Waals surface area contributed by atoms with Crippen LogP contribution in [-0.2, 0) is 4.79 Å². The van der Waals surface area contributed by atoms with Crippen molar-refractivity contribution in [2.75, 3.05) is 24.5 Å². The summed E-state index contributed by atoms with van der Waals surface area (Å²) in [6.45, 7) is 6.32. The number of amides is 3. The van der Waals surface area contributed by atoms with Gasteiger partial charge in [-0.2, -0.15) is 0 Å². The zero-order valence-electron chi connectivity index (χ0n) is 14.0. The van der Waals surface area contributed by atoms with Crippen LogP contribution < -0.4 is 10.2 Å². The molecule has 0 radical (unpaired) electrons. The number of rotatable bonds is 2. The van der Waals surface area contributed by atoms with Gasteiger partial charge in [-0.3, -0.25) is 4.79 Å². The lowest BCUT2D eigenvalue weighted by molar-refractivity contribution is -0.117. The Morgan fingerprint density at radius 2 is 1.87 bits per heavy atom. The molecule has 2 aliphatic heterocycles.